The second kappa shape index (κ2) is 5.31. The third-order valence-electron chi connectivity index (χ3n) is 1.94. The molecule has 0 heterocycles. The van der Waals surface area contributed by atoms with Crippen LogP contribution in [0.2, 0.25) is 0 Å². The molecule has 0 fully saturated rings. The third kappa shape index (κ3) is 2.68. The molecule has 0 saturated carbocycles. The molecule has 0 bridgehead atoms. The molecule has 0 unspecified atom stereocenters. The zero-order valence-electron chi connectivity index (χ0n) is 7.97. The van der Waals surface area contributed by atoms with Crippen molar-refractivity contribution < 1.29 is 0 Å². The van der Waals surface area contributed by atoms with E-state index in [1.54, 1.807) is 0 Å². The molecule has 0 N–H and O–H groups in total. The Kier molecular flexibility index (Phi) is 4.34. The summed E-state index contributed by atoms with van der Waals surface area (Å²) in [7, 11) is 0. The first-order valence-corrected chi connectivity index (χ1v) is 5.78. The van der Waals surface area contributed by atoms with E-state index in [-0.39, 0.29) is 0 Å². The maximum absolute atomic E-state index is 3.02. The van der Waals surface area contributed by atoms with E-state index in [1.165, 1.54) is 0 Å². The van der Waals surface area contributed by atoms with Crippen molar-refractivity contribution >= 4 is 32.0 Å². The summed E-state index contributed by atoms with van der Waals surface area (Å²) in [6, 6.07) is 4.14. The molecule has 0 spiro atoms. The minimum atomic E-state index is 1.06. The molecule has 0 aromatic heterocycles. The Morgan fingerprint density at radius 1 is 0.857 bits per heavy atom. The van der Waals surface area contributed by atoms with E-state index in [1.807, 2.05) is 13.8 Å². The fourth-order valence-corrected chi connectivity index (χ4v) is 1.66. The van der Waals surface area contributed by atoms with Gasteiger partial charge in [0.25, 0.3) is 0 Å². The summed E-state index contributed by atoms with van der Waals surface area (Å²) in [5, 5.41) is 0. The zero-order valence-corrected chi connectivity index (χ0v) is 11.4. The van der Waals surface area contributed by atoms with Crippen LogP contribution < -0.4 is 0 Å². The second-order valence-corrected chi connectivity index (χ2v) is 3.79. The third-order valence-corrected chi connectivity index (χ3v) is 2.37. The van der Waals surface area contributed by atoms with Crippen LogP contribution in [0, 0.1) is 35.3 Å². The molecule has 0 aliphatic heterocycles. The van der Waals surface area contributed by atoms with Crippen LogP contribution in [0.25, 0.3) is 0 Å². The van der Waals surface area contributed by atoms with Gasteiger partial charge >= 0.3 is 102 Å². The van der Waals surface area contributed by atoms with Crippen LogP contribution in [0.5, 0.6) is 0 Å². The number of hydrogen-bond donors (Lipinski definition) is 0. The van der Waals surface area contributed by atoms with Crippen LogP contribution in [-0.2, 0) is 0 Å². The van der Waals surface area contributed by atoms with E-state index >= 15 is 0 Å². The Morgan fingerprint density at radius 2 is 1.21 bits per heavy atom. The quantitative estimate of drug-likeness (QED) is 0.500. The van der Waals surface area contributed by atoms with Gasteiger partial charge in [0.15, 0.2) is 0 Å². The van der Waals surface area contributed by atoms with Gasteiger partial charge in [0.1, 0.15) is 0 Å². The molecule has 0 atom stereocenters. The van der Waals surface area contributed by atoms with Crippen molar-refractivity contribution in [3.05, 3.63) is 34.4 Å². The molecule has 70 valence electrons. The molecule has 1 aromatic rings. The molecule has 0 saturated heterocycles. The predicted octanol–water partition coefficient (Wildman–Crippen LogP) is 1.26. The van der Waals surface area contributed by atoms with Gasteiger partial charge < -0.3 is 0 Å². The summed E-state index contributed by atoms with van der Waals surface area (Å²) in [5.41, 5.74) is 4.45. The number of benzene rings is 1. The molecule has 14 heavy (non-hydrogen) atoms. The summed E-state index contributed by atoms with van der Waals surface area (Å²) >= 11 is 5.37. The van der Waals surface area contributed by atoms with Gasteiger partial charge in [-0.15, -0.1) is 0 Å². The topological polar surface area (TPSA) is 0 Å². The van der Waals surface area contributed by atoms with Crippen molar-refractivity contribution in [2.24, 2.45) is 0 Å². The van der Waals surface area contributed by atoms with Crippen molar-refractivity contribution in [2.75, 3.05) is 0 Å². The fraction of sp³-hybridized carbons (Fsp3) is 0.167. The van der Waals surface area contributed by atoms with Crippen molar-refractivity contribution in [2.45, 2.75) is 13.8 Å². The van der Waals surface area contributed by atoms with Crippen molar-refractivity contribution in [1.29, 1.82) is 0 Å². The molecule has 0 aliphatic carbocycles. The molecule has 0 radical (unpaired) electrons. The summed E-state index contributed by atoms with van der Waals surface area (Å²) < 4.78 is 0. The molecule has 2 heteroatoms. The number of hydrogen-bond acceptors (Lipinski definition) is 0. The Bertz CT molecular complexity index is 419. The molecule has 1 aromatic carbocycles. The van der Waals surface area contributed by atoms with Gasteiger partial charge in [-0.1, -0.05) is 0 Å². The van der Waals surface area contributed by atoms with E-state index in [9.17, 15) is 0 Å². The van der Waals surface area contributed by atoms with Gasteiger partial charge in [-0.3, -0.25) is 0 Å². The maximum atomic E-state index is 3.02. The van der Waals surface area contributed by atoms with E-state index in [4.69, 9.17) is 0 Å². The van der Waals surface area contributed by atoms with E-state index < -0.39 is 0 Å². The van der Waals surface area contributed by atoms with Crippen LogP contribution in [0.15, 0.2) is 12.1 Å². The monoisotopic (exact) mass is 312 g/mol. The average molecular weight is 310 g/mol. The summed E-state index contributed by atoms with van der Waals surface area (Å²) in [6.07, 6.45) is 0. The Balaban J connectivity index is 3.33. The average Bonchev–Trinajstić information content (AvgIpc) is 2.14. The first-order chi connectivity index (χ1) is 6.69. The molecular weight excluding hydrogens is 302 g/mol. The molecule has 0 nitrogen and oxygen atoms in total. The summed E-state index contributed by atoms with van der Waals surface area (Å²) in [5.74, 6) is 6.05. The molecular formula is C12H8Se2-2. The van der Waals surface area contributed by atoms with Crippen molar-refractivity contribution in [3.8, 4) is 21.5 Å². The van der Waals surface area contributed by atoms with Gasteiger partial charge in [0.05, 0.1) is 0 Å². The van der Waals surface area contributed by atoms with Gasteiger partial charge in [-0.2, -0.15) is 0 Å². The standard InChI is InChI=1S/C12H10Se2/c1-9-7-12(4-6-14)10(2)8-11(9)3-5-13/h7-8,13-14H,1-2H3/p-2. The Labute approximate surface area is 101 Å². The number of rotatable bonds is 0. The van der Waals surface area contributed by atoms with Gasteiger partial charge in [-0.05, 0) is 0 Å². The van der Waals surface area contributed by atoms with Crippen LogP contribution in [0.1, 0.15) is 22.3 Å². The van der Waals surface area contributed by atoms with Crippen LogP contribution in [0.4, 0.5) is 0 Å². The van der Waals surface area contributed by atoms with Crippen molar-refractivity contribution in [3.63, 3.8) is 0 Å². The second-order valence-electron chi connectivity index (χ2n) is 2.94. The normalized spacial score (nSPS) is 8.14. The first-order valence-electron chi connectivity index (χ1n) is 4.06. The van der Waals surface area contributed by atoms with E-state index in [0.29, 0.717) is 0 Å². The Hall–Kier alpha value is -0.621. The van der Waals surface area contributed by atoms with Crippen LogP contribution in [-0.4, -0.2) is 32.0 Å². The molecule has 0 aliphatic rings. The zero-order chi connectivity index (χ0) is 10.6. The van der Waals surface area contributed by atoms with Crippen LogP contribution in [0.3, 0.4) is 0 Å². The van der Waals surface area contributed by atoms with E-state index in [2.05, 4.69) is 65.6 Å². The molecule has 0 amide bonds. The van der Waals surface area contributed by atoms with Gasteiger partial charge in [0, 0.05) is 0 Å². The summed E-state index contributed by atoms with van der Waals surface area (Å²) in [6.45, 7) is 4.09. The van der Waals surface area contributed by atoms with Crippen molar-refractivity contribution in [1.82, 2.24) is 0 Å². The summed E-state index contributed by atoms with van der Waals surface area (Å²) in [4.78, 5) is 5.57. The SMILES string of the molecule is Cc1cc(C#C[Se-])c(C)cc1C#C[Se-]. The van der Waals surface area contributed by atoms with Crippen LogP contribution >= 0.6 is 0 Å². The molecule has 1 rings (SSSR count). The first kappa shape index (κ1) is 11.5. The predicted molar refractivity (Wildman–Crippen MR) is 61.2 cm³/mol. The minimum absolute atomic E-state index is 1.06. The van der Waals surface area contributed by atoms with Gasteiger partial charge in [-0.25, -0.2) is 0 Å². The van der Waals surface area contributed by atoms with Gasteiger partial charge in [0.2, 0.25) is 0 Å². The number of aryl methyl sites for hydroxylation is 2. The Morgan fingerprint density at radius 3 is 1.50 bits per heavy atom. The fourth-order valence-electron chi connectivity index (χ4n) is 1.20. The van der Waals surface area contributed by atoms with E-state index in [0.717, 1.165) is 22.3 Å².